The van der Waals surface area contributed by atoms with E-state index in [0.29, 0.717) is 0 Å². The van der Waals surface area contributed by atoms with Gasteiger partial charge >= 0.3 is 0 Å². The first-order valence-electron chi connectivity index (χ1n) is 5.49. The van der Waals surface area contributed by atoms with Crippen molar-refractivity contribution < 1.29 is 4.57 Å². The molecule has 0 fully saturated rings. The minimum absolute atomic E-state index is 1.23. The highest BCUT2D eigenvalue weighted by Crippen LogP contribution is 2.27. The Bertz CT molecular complexity index is 497. The summed E-state index contributed by atoms with van der Waals surface area (Å²) >= 11 is 0. The van der Waals surface area contributed by atoms with E-state index in [1.807, 2.05) is 0 Å². The summed E-state index contributed by atoms with van der Waals surface area (Å²) in [5.74, 6) is 0. The Morgan fingerprint density at radius 1 is 1.27 bits per heavy atom. The average Bonchev–Trinajstić information content (AvgIpc) is 2.84. The zero-order valence-electron chi connectivity index (χ0n) is 8.98. The van der Waals surface area contributed by atoms with Gasteiger partial charge in [-0.15, -0.1) is 0 Å². The van der Waals surface area contributed by atoms with Crippen molar-refractivity contribution in [2.24, 2.45) is 7.05 Å². The molecule has 1 aliphatic carbocycles. The number of aryl methyl sites for hydroxylation is 2. The van der Waals surface area contributed by atoms with Crippen LogP contribution in [0.4, 0.5) is 0 Å². The van der Waals surface area contributed by atoms with Crippen LogP contribution in [0.3, 0.4) is 0 Å². The minimum atomic E-state index is 1.23. The highest BCUT2D eigenvalue weighted by molar-refractivity contribution is 5.48. The van der Waals surface area contributed by atoms with Crippen molar-refractivity contribution in [1.29, 1.82) is 0 Å². The maximum absolute atomic E-state index is 2.26. The largest absolute Gasteiger partial charge is 0.248 e. The number of fused-ring (bicyclic) bond motifs is 1. The van der Waals surface area contributed by atoms with E-state index in [9.17, 15) is 0 Å². The molecule has 0 aliphatic heterocycles. The van der Waals surface area contributed by atoms with Crippen molar-refractivity contribution in [2.75, 3.05) is 0 Å². The SMILES string of the molecule is C[n+]1ccn(-c2cccc3c2CCC3)c1. The number of hydrogen-bond acceptors (Lipinski definition) is 0. The molecule has 3 rings (SSSR count). The molecule has 0 bridgehead atoms. The maximum Gasteiger partial charge on any atom is 0.248 e. The number of benzene rings is 1. The van der Waals surface area contributed by atoms with E-state index in [2.05, 4.69) is 53.1 Å². The lowest BCUT2D eigenvalue weighted by Gasteiger charge is -2.03. The van der Waals surface area contributed by atoms with Gasteiger partial charge in [-0.2, -0.15) is 0 Å². The van der Waals surface area contributed by atoms with Crippen LogP contribution in [0.2, 0.25) is 0 Å². The summed E-state index contributed by atoms with van der Waals surface area (Å²) in [4.78, 5) is 0. The summed E-state index contributed by atoms with van der Waals surface area (Å²) in [7, 11) is 2.06. The Morgan fingerprint density at radius 2 is 2.20 bits per heavy atom. The van der Waals surface area contributed by atoms with E-state index in [1.165, 1.54) is 36.1 Å². The average molecular weight is 199 g/mol. The Labute approximate surface area is 89.8 Å². The van der Waals surface area contributed by atoms with Gasteiger partial charge in [0.25, 0.3) is 0 Å². The predicted molar refractivity (Wildman–Crippen MR) is 59.0 cm³/mol. The van der Waals surface area contributed by atoms with Crippen LogP contribution in [-0.4, -0.2) is 4.57 Å². The van der Waals surface area contributed by atoms with E-state index in [-0.39, 0.29) is 0 Å². The van der Waals surface area contributed by atoms with Crippen molar-refractivity contribution in [3.05, 3.63) is 48.0 Å². The molecule has 2 aromatic rings. The summed E-state index contributed by atoms with van der Waals surface area (Å²) in [5, 5.41) is 0. The van der Waals surface area contributed by atoms with Crippen LogP contribution in [0, 0.1) is 0 Å². The molecule has 15 heavy (non-hydrogen) atoms. The highest BCUT2D eigenvalue weighted by Gasteiger charge is 2.18. The number of imidazole rings is 1. The maximum atomic E-state index is 2.26. The first-order valence-corrected chi connectivity index (χ1v) is 5.49. The zero-order valence-corrected chi connectivity index (χ0v) is 8.98. The number of nitrogens with zero attached hydrogens (tertiary/aromatic N) is 2. The second-order valence-corrected chi connectivity index (χ2v) is 4.25. The lowest BCUT2D eigenvalue weighted by molar-refractivity contribution is -0.670. The van der Waals surface area contributed by atoms with Gasteiger partial charge in [0.05, 0.1) is 7.05 Å². The van der Waals surface area contributed by atoms with E-state index in [1.54, 1.807) is 0 Å². The van der Waals surface area contributed by atoms with Crippen molar-refractivity contribution in [3.8, 4) is 5.69 Å². The smallest absolute Gasteiger partial charge is 0.239 e. The summed E-state index contributed by atoms with van der Waals surface area (Å²) in [5.41, 5.74) is 4.42. The molecule has 0 N–H and O–H groups in total. The van der Waals surface area contributed by atoms with Crippen LogP contribution in [0.15, 0.2) is 36.9 Å². The van der Waals surface area contributed by atoms with E-state index in [4.69, 9.17) is 0 Å². The topological polar surface area (TPSA) is 8.81 Å². The van der Waals surface area contributed by atoms with Crippen LogP contribution >= 0.6 is 0 Å². The third-order valence-electron chi connectivity index (χ3n) is 3.17. The van der Waals surface area contributed by atoms with Gasteiger partial charge in [0, 0.05) is 5.56 Å². The highest BCUT2D eigenvalue weighted by atomic mass is 15.1. The molecule has 1 aromatic carbocycles. The molecule has 0 atom stereocenters. The Hall–Kier alpha value is -1.57. The van der Waals surface area contributed by atoms with Gasteiger partial charge in [-0.05, 0) is 30.9 Å². The molecule has 1 aliphatic rings. The number of hydrogen-bond donors (Lipinski definition) is 0. The third kappa shape index (κ3) is 1.37. The summed E-state index contributed by atoms with van der Waals surface area (Å²) in [6, 6.07) is 6.64. The lowest BCUT2D eigenvalue weighted by Crippen LogP contribution is -2.23. The van der Waals surface area contributed by atoms with Gasteiger partial charge in [0.15, 0.2) is 0 Å². The molecule has 1 aromatic heterocycles. The first kappa shape index (κ1) is 8.72. The molecule has 2 nitrogen and oxygen atoms in total. The number of aromatic nitrogens is 2. The van der Waals surface area contributed by atoms with Gasteiger partial charge < -0.3 is 0 Å². The Kier molecular flexibility index (Phi) is 1.88. The molecule has 0 spiro atoms. The molecule has 1 heterocycles. The molecule has 0 saturated carbocycles. The van der Waals surface area contributed by atoms with Crippen LogP contribution in [0.5, 0.6) is 0 Å². The van der Waals surface area contributed by atoms with Crippen LogP contribution in [-0.2, 0) is 19.9 Å². The van der Waals surface area contributed by atoms with Crippen LogP contribution in [0.25, 0.3) is 5.69 Å². The second kappa shape index (κ2) is 3.23. The van der Waals surface area contributed by atoms with E-state index < -0.39 is 0 Å². The summed E-state index contributed by atoms with van der Waals surface area (Å²) in [6.45, 7) is 0. The Balaban J connectivity index is 2.16. The Morgan fingerprint density at radius 3 is 3.00 bits per heavy atom. The molecule has 0 unspecified atom stereocenters. The molecule has 0 saturated heterocycles. The van der Waals surface area contributed by atoms with Crippen LogP contribution in [0.1, 0.15) is 17.5 Å². The molecule has 0 amide bonds. The van der Waals surface area contributed by atoms with Gasteiger partial charge in [0.2, 0.25) is 6.33 Å². The van der Waals surface area contributed by atoms with E-state index >= 15 is 0 Å². The summed E-state index contributed by atoms with van der Waals surface area (Å²) < 4.78 is 4.29. The molecule has 0 radical (unpaired) electrons. The third-order valence-corrected chi connectivity index (χ3v) is 3.17. The molecule has 76 valence electrons. The van der Waals surface area contributed by atoms with Crippen molar-refractivity contribution >= 4 is 0 Å². The predicted octanol–water partition coefficient (Wildman–Crippen LogP) is 1.79. The van der Waals surface area contributed by atoms with Gasteiger partial charge in [-0.1, -0.05) is 12.1 Å². The fourth-order valence-corrected chi connectivity index (χ4v) is 2.43. The summed E-state index contributed by atoms with van der Waals surface area (Å²) in [6.07, 6.45) is 10.1. The van der Waals surface area contributed by atoms with Crippen LogP contribution < -0.4 is 4.57 Å². The quantitative estimate of drug-likeness (QED) is 0.619. The van der Waals surface area contributed by atoms with Crippen molar-refractivity contribution in [2.45, 2.75) is 19.3 Å². The van der Waals surface area contributed by atoms with Gasteiger partial charge in [-0.3, -0.25) is 0 Å². The second-order valence-electron chi connectivity index (χ2n) is 4.25. The number of rotatable bonds is 1. The monoisotopic (exact) mass is 199 g/mol. The van der Waals surface area contributed by atoms with Gasteiger partial charge in [-0.25, -0.2) is 9.13 Å². The zero-order chi connectivity index (χ0) is 10.3. The standard InChI is InChI=1S/C13H15N2/c1-14-8-9-15(10-14)13-7-3-5-11-4-2-6-12(11)13/h3,5,7-10H,2,4,6H2,1H3/q+1. The molecular formula is C13H15N2+. The minimum Gasteiger partial charge on any atom is -0.239 e. The van der Waals surface area contributed by atoms with E-state index in [0.717, 1.165) is 0 Å². The first-order chi connectivity index (χ1) is 7.34. The van der Waals surface area contributed by atoms with Gasteiger partial charge in [0.1, 0.15) is 18.1 Å². The molecular weight excluding hydrogens is 184 g/mol. The van der Waals surface area contributed by atoms with Crippen molar-refractivity contribution in [3.63, 3.8) is 0 Å². The van der Waals surface area contributed by atoms with Crippen molar-refractivity contribution in [1.82, 2.24) is 4.57 Å². The fraction of sp³-hybridized carbons (Fsp3) is 0.308. The molecule has 2 heteroatoms. The lowest BCUT2D eigenvalue weighted by atomic mass is 10.1. The fourth-order valence-electron chi connectivity index (χ4n) is 2.43. The normalized spacial score (nSPS) is 14.2.